The third-order valence-electron chi connectivity index (χ3n) is 5.37. The highest BCUT2D eigenvalue weighted by Crippen LogP contribution is 2.52. The van der Waals surface area contributed by atoms with Crippen LogP contribution in [0.15, 0.2) is 18.2 Å². The van der Waals surface area contributed by atoms with Gasteiger partial charge in [0.05, 0.1) is 12.2 Å². The molecule has 2 saturated heterocycles. The molecule has 4 heterocycles. The number of benzene rings is 1. The predicted molar refractivity (Wildman–Crippen MR) is 72.3 cm³/mol. The lowest BCUT2D eigenvalue weighted by Gasteiger charge is -2.44. The highest BCUT2D eigenvalue weighted by Gasteiger charge is 2.45. The van der Waals surface area contributed by atoms with Crippen LogP contribution in [0.2, 0.25) is 0 Å². The van der Waals surface area contributed by atoms with Crippen molar-refractivity contribution in [2.24, 2.45) is 11.8 Å². The molecular formula is C16H19NO2. The predicted octanol–water partition coefficient (Wildman–Crippen LogP) is 2.68. The van der Waals surface area contributed by atoms with E-state index in [1.807, 2.05) is 0 Å². The summed E-state index contributed by atoms with van der Waals surface area (Å²) < 4.78 is 12.0. The molecule has 4 aliphatic rings. The molecule has 1 aromatic rings. The highest BCUT2D eigenvalue weighted by molar-refractivity contribution is 5.65. The van der Waals surface area contributed by atoms with Crippen molar-refractivity contribution >= 4 is 5.69 Å². The number of para-hydroxylation sites is 1. The molecule has 0 amide bonds. The molecule has 19 heavy (non-hydrogen) atoms. The van der Waals surface area contributed by atoms with Crippen LogP contribution in [0.25, 0.3) is 0 Å². The topological polar surface area (TPSA) is 21.7 Å². The highest BCUT2D eigenvalue weighted by atomic mass is 16.5. The second-order valence-corrected chi connectivity index (χ2v) is 6.37. The third-order valence-corrected chi connectivity index (χ3v) is 5.37. The molecule has 3 nitrogen and oxygen atoms in total. The molecule has 100 valence electrons. The molecule has 0 N–H and O–H groups in total. The molecule has 4 aliphatic heterocycles. The fourth-order valence-electron chi connectivity index (χ4n) is 4.56. The van der Waals surface area contributed by atoms with E-state index in [9.17, 15) is 0 Å². The van der Waals surface area contributed by atoms with E-state index >= 15 is 0 Å². The van der Waals surface area contributed by atoms with E-state index in [1.54, 1.807) is 0 Å². The van der Waals surface area contributed by atoms with Gasteiger partial charge in [0.15, 0.2) is 0 Å². The van der Waals surface area contributed by atoms with Gasteiger partial charge in [0.2, 0.25) is 0 Å². The molecule has 2 unspecified atom stereocenters. The van der Waals surface area contributed by atoms with Crippen molar-refractivity contribution in [2.75, 3.05) is 31.2 Å². The van der Waals surface area contributed by atoms with Crippen molar-refractivity contribution in [1.29, 1.82) is 0 Å². The Hall–Kier alpha value is -1.06. The Labute approximate surface area is 113 Å². The molecule has 0 saturated carbocycles. The molecule has 0 radical (unpaired) electrons. The Balaban J connectivity index is 1.70. The second-order valence-electron chi connectivity index (χ2n) is 6.37. The number of nitrogens with zero attached hydrogens (tertiary/aromatic N) is 1. The maximum absolute atomic E-state index is 6.00. The van der Waals surface area contributed by atoms with Crippen molar-refractivity contribution < 1.29 is 9.47 Å². The maximum atomic E-state index is 6.00. The van der Waals surface area contributed by atoms with Crippen molar-refractivity contribution in [2.45, 2.75) is 25.0 Å². The normalized spacial score (nSPS) is 38.8. The van der Waals surface area contributed by atoms with Crippen LogP contribution in [-0.2, 0) is 9.47 Å². The summed E-state index contributed by atoms with van der Waals surface area (Å²) in [7, 11) is 0. The lowest BCUT2D eigenvalue weighted by Crippen LogP contribution is -2.43. The van der Waals surface area contributed by atoms with Gasteiger partial charge in [-0.1, -0.05) is 18.2 Å². The van der Waals surface area contributed by atoms with Crippen molar-refractivity contribution in [3.05, 3.63) is 29.3 Å². The zero-order valence-electron chi connectivity index (χ0n) is 11.0. The van der Waals surface area contributed by atoms with Crippen molar-refractivity contribution in [3.8, 4) is 0 Å². The molecule has 1 aromatic carbocycles. The Kier molecular flexibility index (Phi) is 2.10. The van der Waals surface area contributed by atoms with E-state index in [0.29, 0.717) is 24.0 Å². The molecule has 0 spiro atoms. The summed E-state index contributed by atoms with van der Waals surface area (Å²) in [5.41, 5.74) is 4.27. The van der Waals surface area contributed by atoms with Crippen LogP contribution in [0.5, 0.6) is 0 Å². The summed E-state index contributed by atoms with van der Waals surface area (Å²) in [6, 6.07) is 6.73. The first kappa shape index (κ1) is 10.7. The zero-order valence-corrected chi connectivity index (χ0v) is 11.0. The van der Waals surface area contributed by atoms with Gasteiger partial charge in [-0.3, -0.25) is 0 Å². The molecule has 2 fully saturated rings. The maximum Gasteiger partial charge on any atom is 0.0890 e. The summed E-state index contributed by atoms with van der Waals surface area (Å²) in [6.07, 6.45) is 3.11. The van der Waals surface area contributed by atoms with E-state index in [0.717, 1.165) is 13.2 Å². The van der Waals surface area contributed by atoms with E-state index in [2.05, 4.69) is 23.1 Å². The summed E-state index contributed by atoms with van der Waals surface area (Å²) >= 11 is 0. The fourth-order valence-corrected chi connectivity index (χ4v) is 4.56. The van der Waals surface area contributed by atoms with Crippen molar-refractivity contribution in [1.82, 2.24) is 0 Å². The van der Waals surface area contributed by atoms with Gasteiger partial charge in [-0.05, 0) is 12.8 Å². The summed E-state index contributed by atoms with van der Waals surface area (Å²) in [4.78, 5) is 2.62. The minimum absolute atomic E-state index is 0.337. The van der Waals surface area contributed by atoms with Gasteiger partial charge in [-0.25, -0.2) is 0 Å². The first-order valence-corrected chi connectivity index (χ1v) is 7.53. The van der Waals surface area contributed by atoms with Crippen LogP contribution in [0.1, 0.15) is 36.2 Å². The lowest BCUT2D eigenvalue weighted by atomic mass is 9.81. The van der Waals surface area contributed by atoms with Gasteiger partial charge >= 0.3 is 0 Å². The largest absolute Gasteiger partial charge is 0.373 e. The Morgan fingerprint density at radius 2 is 1.47 bits per heavy atom. The quantitative estimate of drug-likeness (QED) is 0.713. The van der Waals surface area contributed by atoms with Gasteiger partial charge in [-0.2, -0.15) is 0 Å². The number of hydrogen-bond acceptors (Lipinski definition) is 3. The van der Waals surface area contributed by atoms with Crippen LogP contribution in [-0.4, -0.2) is 26.3 Å². The van der Waals surface area contributed by atoms with Crippen molar-refractivity contribution in [3.63, 3.8) is 0 Å². The van der Waals surface area contributed by atoms with Crippen LogP contribution < -0.4 is 4.90 Å². The smallest absolute Gasteiger partial charge is 0.0890 e. The van der Waals surface area contributed by atoms with E-state index < -0.39 is 0 Å². The fraction of sp³-hybridized carbons (Fsp3) is 0.625. The van der Waals surface area contributed by atoms with Crippen LogP contribution in [0, 0.1) is 11.8 Å². The number of anilines is 1. The summed E-state index contributed by atoms with van der Waals surface area (Å²) in [5, 5.41) is 0. The van der Waals surface area contributed by atoms with Gasteiger partial charge in [0, 0.05) is 55.0 Å². The monoisotopic (exact) mass is 257 g/mol. The van der Waals surface area contributed by atoms with Gasteiger partial charge in [0.25, 0.3) is 0 Å². The number of hydrogen-bond donors (Lipinski definition) is 0. The number of rotatable bonds is 0. The van der Waals surface area contributed by atoms with Gasteiger partial charge in [0.1, 0.15) is 0 Å². The van der Waals surface area contributed by atoms with Crippen LogP contribution in [0.4, 0.5) is 5.69 Å². The van der Waals surface area contributed by atoms with E-state index in [1.165, 1.54) is 42.7 Å². The number of fused-ring (bicyclic) bond motifs is 4. The third kappa shape index (κ3) is 1.35. The summed E-state index contributed by atoms with van der Waals surface area (Å²) in [5.74, 6) is 1.39. The molecule has 0 bridgehead atoms. The van der Waals surface area contributed by atoms with E-state index in [-0.39, 0.29) is 0 Å². The standard InChI is InChI=1S/C16H19NO2/c1-2-12-14-13(3-1)16-11(5-7-19-16)9-17(14)8-10-4-6-18-15(10)12/h1-3,10-11,15-16H,4-9H2/t10-,11?,15-,16?/m0/s1. The molecule has 0 aromatic heterocycles. The average Bonchev–Trinajstić information content (AvgIpc) is 3.07. The SMILES string of the molecule is c1cc2c3c(c1)[C@H]1OCC[C@H]1CN3CC1CCOC21. The molecule has 3 heteroatoms. The van der Waals surface area contributed by atoms with Gasteiger partial charge in [-0.15, -0.1) is 0 Å². The second kappa shape index (κ2) is 3.74. The molecule has 5 rings (SSSR count). The van der Waals surface area contributed by atoms with E-state index in [4.69, 9.17) is 9.47 Å². The Bertz CT molecular complexity index is 487. The zero-order chi connectivity index (χ0) is 12.4. The van der Waals surface area contributed by atoms with Crippen LogP contribution in [0.3, 0.4) is 0 Å². The Morgan fingerprint density at radius 3 is 2.05 bits per heavy atom. The molecular weight excluding hydrogens is 238 g/mol. The first-order chi connectivity index (χ1) is 9.42. The summed E-state index contributed by atoms with van der Waals surface area (Å²) in [6.45, 7) is 4.21. The average molecular weight is 257 g/mol. The minimum atomic E-state index is 0.337. The minimum Gasteiger partial charge on any atom is -0.373 e. The van der Waals surface area contributed by atoms with Gasteiger partial charge < -0.3 is 14.4 Å². The van der Waals surface area contributed by atoms with Crippen LogP contribution >= 0.6 is 0 Å². The first-order valence-electron chi connectivity index (χ1n) is 7.53. The number of ether oxygens (including phenoxy) is 2. The molecule has 4 atom stereocenters. The lowest BCUT2D eigenvalue weighted by molar-refractivity contribution is 0.0754. The molecule has 0 aliphatic carbocycles. The Morgan fingerprint density at radius 1 is 0.895 bits per heavy atom.